The molecule has 1 aliphatic rings. The SMILES string of the molecule is CC(C)c1ccc(C(=O)N2CCCCC2CNS(C)(=O)=O)cc1. The molecular formula is C17H26N2O3S. The Labute approximate surface area is 139 Å². The molecule has 1 fully saturated rings. The molecule has 0 spiro atoms. The lowest BCUT2D eigenvalue weighted by Crippen LogP contribution is -2.49. The van der Waals surface area contributed by atoms with E-state index in [9.17, 15) is 13.2 Å². The van der Waals surface area contributed by atoms with E-state index in [0.717, 1.165) is 25.5 Å². The van der Waals surface area contributed by atoms with Crippen LogP contribution in [-0.4, -0.2) is 44.6 Å². The monoisotopic (exact) mass is 338 g/mol. The van der Waals surface area contributed by atoms with Crippen LogP contribution in [0.15, 0.2) is 24.3 Å². The van der Waals surface area contributed by atoms with Crippen molar-refractivity contribution in [1.29, 1.82) is 0 Å². The minimum atomic E-state index is -3.24. The fraction of sp³-hybridized carbons (Fsp3) is 0.588. The molecule has 0 saturated carbocycles. The number of piperidine rings is 1. The number of hydrogen-bond donors (Lipinski definition) is 1. The second-order valence-corrected chi connectivity index (χ2v) is 8.38. The molecule has 128 valence electrons. The van der Waals surface area contributed by atoms with Crippen molar-refractivity contribution in [2.45, 2.75) is 45.1 Å². The summed E-state index contributed by atoms with van der Waals surface area (Å²) in [5.41, 5.74) is 1.87. The summed E-state index contributed by atoms with van der Waals surface area (Å²) >= 11 is 0. The number of likely N-dealkylation sites (tertiary alicyclic amines) is 1. The van der Waals surface area contributed by atoms with Gasteiger partial charge in [0.2, 0.25) is 10.0 Å². The normalized spacial score (nSPS) is 19.1. The Bertz CT molecular complexity index is 638. The summed E-state index contributed by atoms with van der Waals surface area (Å²) in [6.07, 6.45) is 3.96. The van der Waals surface area contributed by atoms with Gasteiger partial charge in [-0.05, 0) is 42.9 Å². The highest BCUT2D eigenvalue weighted by atomic mass is 32.2. The topological polar surface area (TPSA) is 66.5 Å². The number of benzene rings is 1. The minimum absolute atomic E-state index is 0.0136. The molecule has 1 N–H and O–H groups in total. The van der Waals surface area contributed by atoms with Crippen LogP contribution in [0.25, 0.3) is 0 Å². The Kier molecular flexibility index (Phi) is 5.81. The maximum Gasteiger partial charge on any atom is 0.254 e. The van der Waals surface area contributed by atoms with E-state index in [2.05, 4.69) is 18.6 Å². The Morgan fingerprint density at radius 1 is 1.26 bits per heavy atom. The van der Waals surface area contributed by atoms with Gasteiger partial charge in [-0.3, -0.25) is 4.79 Å². The van der Waals surface area contributed by atoms with Crippen molar-refractivity contribution < 1.29 is 13.2 Å². The Morgan fingerprint density at radius 3 is 2.48 bits per heavy atom. The van der Waals surface area contributed by atoms with E-state index in [0.29, 0.717) is 18.0 Å². The molecule has 0 aliphatic carbocycles. The smallest absolute Gasteiger partial charge is 0.254 e. The third kappa shape index (κ3) is 5.04. The zero-order valence-electron chi connectivity index (χ0n) is 14.1. The third-order valence-electron chi connectivity index (χ3n) is 4.29. The van der Waals surface area contributed by atoms with Gasteiger partial charge < -0.3 is 4.90 Å². The first kappa shape index (κ1) is 17.9. The summed E-state index contributed by atoms with van der Waals surface area (Å²) in [6.45, 7) is 5.21. The second-order valence-electron chi connectivity index (χ2n) is 6.55. The number of carbonyl (C=O) groups excluding carboxylic acids is 1. The van der Waals surface area contributed by atoms with Crippen molar-refractivity contribution in [3.63, 3.8) is 0 Å². The fourth-order valence-corrected chi connectivity index (χ4v) is 3.40. The predicted molar refractivity (Wildman–Crippen MR) is 92.1 cm³/mol. The zero-order chi connectivity index (χ0) is 17.0. The molecule has 0 aromatic heterocycles. The first-order valence-electron chi connectivity index (χ1n) is 8.13. The molecule has 2 rings (SSSR count). The zero-order valence-corrected chi connectivity index (χ0v) is 14.9. The molecule has 0 bridgehead atoms. The maximum atomic E-state index is 12.8. The van der Waals surface area contributed by atoms with E-state index in [1.165, 1.54) is 5.56 Å². The number of rotatable bonds is 5. The standard InChI is InChI=1S/C17H26N2O3S/c1-13(2)14-7-9-15(10-8-14)17(20)19-11-5-4-6-16(19)12-18-23(3,21)22/h7-10,13,16,18H,4-6,11-12H2,1-3H3. The summed E-state index contributed by atoms with van der Waals surface area (Å²) in [5.74, 6) is 0.418. The summed E-state index contributed by atoms with van der Waals surface area (Å²) in [6, 6.07) is 7.65. The third-order valence-corrected chi connectivity index (χ3v) is 4.98. The van der Waals surface area contributed by atoms with Gasteiger partial charge in [0.1, 0.15) is 0 Å². The van der Waals surface area contributed by atoms with Crippen molar-refractivity contribution in [2.24, 2.45) is 0 Å². The highest BCUT2D eigenvalue weighted by Crippen LogP contribution is 2.21. The summed E-state index contributed by atoms with van der Waals surface area (Å²) in [7, 11) is -3.24. The van der Waals surface area contributed by atoms with Crippen LogP contribution >= 0.6 is 0 Å². The quantitative estimate of drug-likeness (QED) is 0.896. The van der Waals surface area contributed by atoms with E-state index >= 15 is 0 Å². The van der Waals surface area contributed by atoms with Gasteiger partial charge in [0.25, 0.3) is 5.91 Å². The summed E-state index contributed by atoms with van der Waals surface area (Å²) in [5, 5.41) is 0. The number of nitrogens with zero attached hydrogens (tertiary/aromatic N) is 1. The van der Waals surface area contributed by atoms with Crippen molar-refractivity contribution in [2.75, 3.05) is 19.3 Å². The molecule has 1 aliphatic heterocycles. The van der Waals surface area contributed by atoms with Crippen LogP contribution in [0.2, 0.25) is 0 Å². The highest BCUT2D eigenvalue weighted by molar-refractivity contribution is 7.88. The van der Waals surface area contributed by atoms with Gasteiger partial charge in [-0.15, -0.1) is 0 Å². The maximum absolute atomic E-state index is 12.8. The average Bonchev–Trinajstić information content (AvgIpc) is 2.52. The van der Waals surface area contributed by atoms with Crippen LogP contribution in [0.1, 0.15) is 54.9 Å². The molecular weight excluding hydrogens is 312 g/mol. The van der Waals surface area contributed by atoms with Crippen LogP contribution in [0, 0.1) is 0 Å². The molecule has 0 radical (unpaired) electrons. The summed E-state index contributed by atoms with van der Waals surface area (Å²) < 4.78 is 25.1. The van der Waals surface area contributed by atoms with Crippen LogP contribution in [0.5, 0.6) is 0 Å². The average molecular weight is 338 g/mol. The Balaban J connectivity index is 2.11. The van der Waals surface area contributed by atoms with E-state index < -0.39 is 10.0 Å². The second kappa shape index (κ2) is 7.45. The molecule has 1 aromatic rings. The number of nitrogens with one attached hydrogen (secondary N) is 1. The molecule has 1 amide bonds. The van der Waals surface area contributed by atoms with E-state index in [1.54, 1.807) is 0 Å². The first-order chi connectivity index (χ1) is 10.8. The first-order valence-corrected chi connectivity index (χ1v) is 10.0. The fourth-order valence-electron chi connectivity index (χ4n) is 2.90. The van der Waals surface area contributed by atoms with Gasteiger partial charge in [0, 0.05) is 24.7 Å². The van der Waals surface area contributed by atoms with Crippen LogP contribution < -0.4 is 4.72 Å². The minimum Gasteiger partial charge on any atom is -0.334 e. The highest BCUT2D eigenvalue weighted by Gasteiger charge is 2.28. The van der Waals surface area contributed by atoms with Crippen molar-refractivity contribution in [3.05, 3.63) is 35.4 Å². The van der Waals surface area contributed by atoms with Gasteiger partial charge in [-0.25, -0.2) is 13.1 Å². The molecule has 6 heteroatoms. The van der Waals surface area contributed by atoms with Crippen LogP contribution in [-0.2, 0) is 10.0 Å². The molecule has 1 atom stereocenters. The van der Waals surface area contributed by atoms with Crippen molar-refractivity contribution in [3.8, 4) is 0 Å². The lowest BCUT2D eigenvalue weighted by atomic mass is 9.99. The van der Waals surface area contributed by atoms with Crippen molar-refractivity contribution in [1.82, 2.24) is 9.62 Å². The Morgan fingerprint density at radius 2 is 1.91 bits per heavy atom. The van der Waals surface area contributed by atoms with Crippen LogP contribution in [0.4, 0.5) is 0 Å². The number of hydrogen-bond acceptors (Lipinski definition) is 3. The summed E-state index contributed by atoms with van der Waals surface area (Å²) in [4.78, 5) is 14.6. The largest absolute Gasteiger partial charge is 0.334 e. The van der Waals surface area contributed by atoms with Gasteiger partial charge in [0.15, 0.2) is 0 Å². The van der Waals surface area contributed by atoms with E-state index in [1.807, 2.05) is 29.2 Å². The van der Waals surface area contributed by atoms with E-state index in [4.69, 9.17) is 0 Å². The van der Waals surface area contributed by atoms with Gasteiger partial charge in [-0.1, -0.05) is 26.0 Å². The molecule has 1 aromatic carbocycles. The van der Waals surface area contributed by atoms with Gasteiger partial charge in [-0.2, -0.15) is 0 Å². The van der Waals surface area contributed by atoms with Gasteiger partial charge in [0.05, 0.1) is 6.26 Å². The number of sulfonamides is 1. The molecule has 23 heavy (non-hydrogen) atoms. The molecule has 5 nitrogen and oxygen atoms in total. The van der Waals surface area contributed by atoms with E-state index in [-0.39, 0.29) is 18.5 Å². The molecule has 1 heterocycles. The predicted octanol–water partition coefficient (Wildman–Crippen LogP) is 2.35. The Hall–Kier alpha value is -1.40. The molecule has 1 unspecified atom stereocenters. The molecule has 1 saturated heterocycles. The number of amides is 1. The van der Waals surface area contributed by atoms with Gasteiger partial charge >= 0.3 is 0 Å². The van der Waals surface area contributed by atoms with Crippen LogP contribution in [0.3, 0.4) is 0 Å². The lowest BCUT2D eigenvalue weighted by Gasteiger charge is -2.36. The van der Waals surface area contributed by atoms with Crippen molar-refractivity contribution >= 4 is 15.9 Å². The number of carbonyl (C=O) groups is 1. The lowest BCUT2D eigenvalue weighted by molar-refractivity contribution is 0.0619.